The fourth-order valence-electron chi connectivity index (χ4n) is 2.44. The summed E-state index contributed by atoms with van der Waals surface area (Å²) in [5.41, 5.74) is 1.35. The highest BCUT2D eigenvalue weighted by Gasteiger charge is 2.15. The van der Waals surface area contributed by atoms with Crippen molar-refractivity contribution in [2.45, 2.75) is 32.7 Å². The molecule has 1 aromatic carbocycles. The summed E-state index contributed by atoms with van der Waals surface area (Å²) in [6.07, 6.45) is 2.58. The minimum Gasteiger partial charge on any atom is -0.319 e. The summed E-state index contributed by atoms with van der Waals surface area (Å²) in [5, 5.41) is 7.63. The van der Waals surface area contributed by atoms with Crippen molar-refractivity contribution in [3.8, 4) is 0 Å². The molecule has 0 aliphatic rings. The lowest BCUT2D eigenvalue weighted by molar-refractivity contribution is 0.456. The molecule has 1 unspecified atom stereocenters. The second-order valence-electron chi connectivity index (χ2n) is 5.62. The largest absolute Gasteiger partial charge is 0.319 e. The van der Waals surface area contributed by atoms with Crippen LogP contribution in [0.4, 0.5) is 0 Å². The molecular weight excluding hydrogens is 248 g/mol. The van der Waals surface area contributed by atoms with Crippen LogP contribution in [0.3, 0.4) is 0 Å². The van der Waals surface area contributed by atoms with E-state index in [1.807, 2.05) is 11.7 Å². The predicted molar refractivity (Wildman–Crippen MR) is 81.7 cm³/mol. The summed E-state index contributed by atoms with van der Waals surface area (Å²) < 4.78 is 2.04. The second-order valence-corrected chi connectivity index (χ2v) is 5.62. The van der Waals surface area contributed by atoms with Crippen LogP contribution in [0, 0.1) is 5.92 Å². The number of rotatable bonds is 7. The number of aromatic nitrogens is 3. The average Bonchev–Trinajstić information content (AvgIpc) is 2.86. The quantitative estimate of drug-likeness (QED) is 0.842. The van der Waals surface area contributed by atoms with Crippen LogP contribution in [0.15, 0.2) is 36.7 Å². The molecule has 1 aromatic heterocycles. The van der Waals surface area contributed by atoms with Gasteiger partial charge in [0.1, 0.15) is 12.2 Å². The third-order valence-corrected chi connectivity index (χ3v) is 3.38. The maximum absolute atomic E-state index is 4.44. The van der Waals surface area contributed by atoms with E-state index in [-0.39, 0.29) is 0 Å². The summed E-state index contributed by atoms with van der Waals surface area (Å²) in [7, 11) is 1.99. The maximum atomic E-state index is 4.44. The first-order chi connectivity index (χ1) is 9.70. The Kier molecular flexibility index (Phi) is 5.30. The maximum Gasteiger partial charge on any atom is 0.138 e. The Morgan fingerprint density at radius 3 is 2.60 bits per heavy atom. The number of nitrogens with zero attached hydrogens (tertiary/aromatic N) is 3. The SMILES string of the molecule is CNCC(Cc1ncnn1CC(C)C)c1ccccc1. The van der Waals surface area contributed by atoms with Gasteiger partial charge in [-0.1, -0.05) is 44.2 Å². The fraction of sp³-hybridized carbons (Fsp3) is 0.500. The van der Waals surface area contributed by atoms with Gasteiger partial charge in [0.15, 0.2) is 0 Å². The van der Waals surface area contributed by atoms with Crippen molar-refractivity contribution in [3.63, 3.8) is 0 Å². The third-order valence-electron chi connectivity index (χ3n) is 3.38. The average molecular weight is 272 g/mol. The van der Waals surface area contributed by atoms with E-state index in [1.54, 1.807) is 6.33 Å². The summed E-state index contributed by atoms with van der Waals surface area (Å²) >= 11 is 0. The van der Waals surface area contributed by atoms with Crippen LogP contribution in [-0.4, -0.2) is 28.4 Å². The van der Waals surface area contributed by atoms with Crippen molar-refractivity contribution in [1.82, 2.24) is 20.1 Å². The Balaban J connectivity index is 2.14. The van der Waals surface area contributed by atoms with E-state index in [1.165, 1.54) is 5.56 Å². The van der Waals surface area contributed by atoms with Gasteiger partial charge in [-0.15, -0.1) is 0 Å². The molecule has 108 valence electrons. The van der Waals surface area contributed by atoms with E-state index in [4.69, 9.17) is 0 Å². The first-order valence-corrected chi connectivity index (χ1v) is 7.27. The molecule has 0 aliphatic carbocycles. The molecular formula is C16H24N4. The van der Waals surface area contributed by atoms with Crippen LogP contribution in [0.1, 0.15) is 31.2 Å². The first-order valence-electron chi connectivity index (χ1n) is 7.27. The molecule has 20 heavy (non-hydrogen) atoms. The molecule has 0 spiro atoms. The zero-order chi connectivity index (χ0) is 14.4. The number of likely N-dealkylation sites (N-methyl/N-ethyl adjacent to an activating group) is 1. The van der Waals surface area contributed by atoms with E-state index < -0.39 is 0 Å². The smallest absolute Gasteiger partial charge is 0.138 e. The van der Waals surface area contributed by atoms with Gasteiger partial charge in [-0.3, -0.25) is 0 Å². The van der Waals surface area contributed by atoms with Gasteiger partial charge in [0.2, 0.25) is 0 Å². The Morgan fingerprint density at radius 1 is 1.20 bits per heavy atom. The van der Waals surface area contributed by atoms with Crippen LogP contribution in [0.5, 0.6) is 0 Å². The van der Waals surface area contributed by atoms with Crippen LogP contribution < -0.4 is 5.32 Å². The van der Waals surface area contributed by atoms with E-state index in [0.29, 0.717) is 11.8 Å². The van der Waals surface area contributed by atoms with Gasteiger partial charge in [-0.05, 0) is 18.5 Å². The highest BCUT2D eigenvalue weighted by Crippen LogP contribution is 2.19. The molecule has 0 fully saturated rings. The molecule has 2 rings (SSSR count). The van der Waals surface area contributed by atoms with Gasteiger partial charge in [0.05, 0.1) is 0 Å². The lowest BCUT2D eigenvalue weighted by atomic mass is 9.95. The van der Waals surface area contributed by atoms with Crippen LogP contribution in [0.25, 0.3) is 0 Å². The standard InChI is InChI=1S/C16H24N4/c1-13(2)11-20-16(18-12-19-20)9-15(10-17-3)14-7-5-4-6-8-14/h4-8,12-13,15,17H,9-11H2,1-3H3. The first kappa shape index (κ1) is 14.7. The van der Waals surface area contributed by atoms with Crippen molar-refractivity contribution in [2.75, 3.05) is 13.6 Å². The Hall–Kier alpha value is -1.68. The molecule has 0 amide bonds. The summed E-state index contributed by atoms with van der Waals surface area (Å²) in [5.74, 6) is 2.08. The second kappa shape index (κ2) is 7.20. The molecule has 4 nitrogen and oxygen atoms in total. The number of nitrogens with one attached hydrogen (secondary N) is 1. The molecule has 0 saturated heterocycles. The van der Waals surface area contributed by atoms with Crippen LogP contribution >= 0.6 is 0 Å². The fourth-order valence-corrected chi connectivity index (χ4v) is 2.44. The molecule has 2 aromatic rings. The van der Waals surface area contributed by atoms with E-state index in [9.17, 15) is 0 Å². The van der Waals surface area contributed by atoms with Crippen molar-refractivity contribution in [2.24, 2.45) is 5.92 Å². The topological polar surface area (TPSA) is 42.7 Å². The van der Waals surface area contributed by atoms with Crippen molar-refractivity contribution < 1.29 is 0 Å². The van der Waals surface area contributed by atoms with Gasteiger partial charge in [0.25, 0.3) is 0 Å². The normalized spacial score (nSPS) is 12.8. The lowest BCUT2D eigenvalue weighted by Crippen LogP contribution is -2.21. The summed E-state index contributed by atoms with van der Waals surface area (Å²) in [6.45, 7) is 6.27. The zero-order valence-electron chi connectivity index (χ0n) is 12.6. The van der Waals surface area contributed by atoms with Gasteiger partial charge < -0.3 is 5.32 Å². The number of hydrogen-bond acceptors (Lipinski definition) is 3. The minimum atomic E-state index is 0.427. The molecule has 1 heterocycles. The molecule has 0 bridgehead atoms. The minimum absolute atomic E-state index is 0.427. The van der Waals surface area contributed by atoms with Gasteiger partial charge in [-0.2, -0.15) is 5.10 Å². The van der Waals surface area contributed by atoms with Crippen molar-refractivity contribution in [3.05, 3.63) is 48.0 Å². The lowest BCUT2D eigenvalue weighted by Gasteiger charge is -2.17. The van der Waals surface area contributed by atoms with Crippen LogP contribution in [-0.2, 0) is 13.0 Å². The molecule has 4 heteroatoms. The van der Waals surface area contributed by atoms with E-state index >= 15 is 0 Å². The summed E-state index contributed by atoms with van der Waals surface area (Å²) in [4.78, 5) is 4.44. The highest BCUT2D eigenvalue weighted by molar-refractivity contribution is 5.21. The molecule has 1 N–H and O–H groups in total. The van der Waals surface area contributed by atoms with Gasteiger partial charge in [0, 0.05) is 25.4 Å². The third kappa shape index (κ3) is 3.90. The molecule has 1 atom stereocenters. The Morgan fingerprint density at radius 2 is 1.95 bits per heavy atom. The molecule has 0 aliphatic heterocycles. The molecule has 0 saturated carbocycles. The van der Waals surface area contributed by atoms with E-state index in [2.05, 4.69) is 59.6 Å². The molecule has 0 radical (unpaired) electrons. The predicted octanol–water partition coefficient (Wildman–Crippen LogP) is 2.48. The summed E-state index contributed by atoms with van der Waals surface area (Å²) in [6, 6.07) is 10.6. The van der Waals surface area contributed by atoms with Crippen molar-refractivity contribution >= 4 is 0 Å². The Bertz CT molecular complexity index is 504. The van der Waals surface area contributed by atoms with Crippen LogP contribution in [0.2, 0.25) is 0 Å². The van der Waals surface area contributed by atoms with E-state index in [0.717, 1.165) is 25.3 Å². The highest BCUT2D eigenvalue weighted by atomic mass is 15.3. The Labute approximate surface area is 121 Å². The van der Waals surface area contributed by atoms with Crippen molar-refractivity contribution in [1.29, 1.82) is 0 Å². The van der Waals surface area contributed by atoms with Gasteiger partial charge in [-0.25, -0.2) is 9.67 Å². The number of benzene rings is 1. The number of hydrogen-bond donors (Lipinski definition) is 1. The monoisotopic (exact) mass is 272 g/mol. The van der Waals surface area contributed by atoms with Gasteiger partial charge >= 0.3 is 0 Å². The zero-order valence-corrected chi connectivity index (χ0v) is 12.6.